The first kappa shape index (κ1) is 14.6. The highest BCUT2D eigenvalue weighted by molar-refractivity contribution is 7.11. The van der Waals surface area contributed by atoms with E-state index in [4.69, 9.17) is 4.74 Å². The lowest BCUT2D eigenvalue weighted by atomic mass is 10.0. The van der Waals surface area contributed by atoms with Crippen LogP contribution in [0.5, 0.6) is 5.75 Å². The Kier molecular flexibility index (Phi) is 4.58. The fourth-order valence-corrected chi connectivity index (χ4v) is 3.87. The number of nitrogens with one attached hydrogen (secondary N) is 1. The second-order valence-corrected chi connectivity index (χ2v) is 6.82. The van der Waals surface area contributed by atoms with Crippen LogP contribution in [-0.2, 0) is 6.54 Å². The van der Waals surface area contributed by atoms with E-state index in [1.54, 1.807) is 7.11 Å². The molecule has 1 N–H and O–H groups in total. The van der Waals surface area contributed by atoms with E-state index in [-0.39, 0.29) is 0 Å². The van der Waals surface area contributed by atoms with Crippen molar-refractivity contribution in [2.24, 2.45) is 0 Å². The molecule has 0 radical (unpaired) electrons. The Morgan fingerprint density at radius 3 is 2.90 bits per heavy atom. The molecule has 0 saturated carbocycles. The maximum atomic E-state index is 5.55. The van der Waals surface area contributed by atoms with Gasteiger partial charge in [0.15, 0.2) is 0 Å². The maximum absolute atomic E-state index is 5.55. The minimum Gasteiger partial charge on any atom is -0.496 e. The van der Waals surface area contributed by atoms with Crippen LogP contribution in [0.25, 0.3) is 0 Å². The van der Waals surface area contributed by atoms with E-state index in [0.29, 0.717) is 6.04 Å². The van der Waals surface area contributed by atoms with Gasteiger partial charge in [-0.3, -0.25) is 4.90 Å². The fraction of sp³-hybridized carbons (Fsp3) is 0.412. The lowest BCUT2D eigenvalue weighted by Crippen LogP contribution is -2.45. The fourth-order valence-electron chi connectivity index (χ4n) is 2.95. The zero-order chi connectivity index (χ0) is 14.7. The summed E-state index contributed by atoms with van der Waals surface area (Å²) in [4.78, 5) is 5.38. The van der Waals surface area contributed by atoms with Crippen molar-refractivity contribution in [3.63, 3.8) is 0 Å². The highest BCUT2D eigenvalue weighted by Gasteiger charge is 2.26. The number of nitrogens with zero attached hydrogens (tertiary/aromatic N) is 1. The van der Waals surface area contributed by atoms with Crippen LogP contribution < -0.4 is 10.1 Å². The molecular weight excluding hydrogens is 280 g/mol. The summed E-state index contributed by atoms with van der Waals surface area (Å²) in [6, 6.07) is 13.2. The highest BCUT2D eigenvalue weighted by Crippen LogP contribution is 2.31. The van der Waals surface area contributed by atoms with Crippen molar-refractivity contribution in [1.82, 2.24) is 10.2 Å². The van der Waals surface area contributed by atoms with Crippen molar-refractivity contribution in [3.8, 4) is 5.75 Å². The minimum absolute atomic E-state index is 0.373. The molecule has 0 bridgehead atoms. The summed E-state index contributed by atoms with van der Waals surface area (Å²) in [6.07, 6.45) is 0. The Balaban J connectivity index is 1.84. The van der Waals surface area contributed by atoms with Gasteiger partial charge in [0.05, 0.1) is 13.2 Å². The molecule has 112 valence electrons. The van der Waals surface area contributed by atoms with Crippen molar-refractivity contribution in [3.05, 3.63) is 51.7 Å². The van der Waals surface area contributed by atoms with E-state index < -0.39 is 0 Å². The van der Waals surface area contributed by atoms with Crippen LogP contribution in [0.4, 0.5) is 0 Å². The van der Waals surface area contributed by atoms with Gasteiger partial charge in [0.25, 0.3) is 0 Å². The molecule has 1 aromatic heterocycles. The molecule has 1 unspecified atom stereocenters. The molecule has 0 aliphatic carbocycles. The highest BCUT2D eigenvalue weighted by atomic mass is 32.1. The zero-order valence-electron chi connectivity index (χ0n) is 12.6. The molecule has 2 heterocycles. The first-order valence-electron chi connectivity index (χ1n) is 7.41. The average Bonchev–Trinajstić information content (AvgIpc) is 2.93. The Bertz CT molecular complexity index is 596. The van der Waals surface area contributed by atoms with E-state index in [9.17, 15) is 0 Å². The van der Waals surface area contributed by atoms with Crippen LogP contribution in [0.3, 0.4) is 0 Å². The number of piperazine rings is 1. The van der Waals surface area contributed by atoms with Gasteiger partial charge < -0.3 is 10.1 Å². The number of aryl methyl sites for hydroxylation is 1. The summed E-state index contributed by atoms with van der Waals surface area (Å²) >= 11 is 1.90. The van der Waals surface area contributed by atoms with Crippen molar-refractivity contribution in [2.75, 3.05) is 26.7 Å². The molecule has 1 fully saturated rings. The normalized spacial score (nSPS) is 19.6. The van der Waals surface area contributed by atoms with E-state index in [1.807, 2.05) is 17.4 Å². The number of para-hydroxylation sites is 1. The third kappa shape index (κ3) is 3.28. The summed E-state index contributed by atoms with van der Waals surface area (Å²) in [7, 11) is 1.75. The van der Waals surface area contributed by atoms with Gasteiger partial charge in [-0.15, -0.1) is 11.3 Å². The van der Waals surface area contributed by atoms with Gasteiger partial charge in [0.2, 0.25) is 0 Å². The van der Waals surface area contributed by atoms with Crippen molar-refractivity contribution < 1.29 is 4.74 Å². The van der Waals surface area contributed by atoms with Crippen LogP contribution in [0.15, 0.2) is 36.4 Å². The summed E-state index contributed by atoms with van der Waals surface area (Å²) in [6.45, 7) is 6.28. The Hall–Kier alpha value is -1.36. The molecule has 1 aliphatic heterocycles. The van der Waals surface area contributed by atoms with Crippen molar-refractivity contribution in [2.45, 2.75) is 19.5 Å². The molecule has 1 atom stereocenters. The smallest absolute Gasteiger partial charge is 0.123 e. The monoisotopic (exact) mass is 302 g/mol. The molecule has 2 aromatic rings. The molecule has 3 rings (SSSR count). The number of benzene rings is 1. The first-order valence-corrected chi connectivity index (χ1v) is 8.22. The number of rotatable bonds is 4. The number of hydrogen-bond donors (Lipinski definition) is 1. The quantitative estimate of drug-likeness (QED) is 0.938. The van der Waals surface area contributed by atoms with Gasteiger partial charge in [-0.25, -0.2) is 0 Å². The second-order valence-electron chi connectivity index (χ2n) is 5.44. The maximum Gasteiger partial charge on any atom is 0.123 e. The minimum atomic E-state index is 0.373. The van der Waals surface area contributed by atoms with Gasteiger partial charge in [0, 0.05) is 41.5 Å². The molecular formula is C17H22N2OS. The summed E-state index contributed by atoms with van der Waals surface area (Å²) in [5.74, 6) is 0.985. The van der Waals surface area contributed by atoms with Crippen molar-refractivity contribution >= 4 is 11.3 Å². The van der Waals surface area contributed by atoms with Crippen LogP contribution in [-0.4, -0.2) is 31.6 Å². The van der Waals surface area contributed by atoms with Gasteiger partial charge in [0.1, 0.15) is 5.75 Å². The average molecular weight is 302 g/mol. The summed E-state index contributed by atoms with van der Waals surface area (Å²) in [5.41, 5.74) is 1.28. The third-order valence-corrected chi connectivity index (χ3v) is 4.99. The number of methoxy groups -OCH3 is 1. The van der Waals surface area contributed by atoms with Crippen LogP contribution >= 0.6 is 11.3 Å². The Labute approximate surface area is 130 Å². The first-order chi connectivity index (χ1) is 10.3. The molecule has 21 heavy (non-hydrogen) atoms. The van der Waals surface area contributed by atoms with E-state index in [0.717, 1.165) is 31.9 Å². The predicted octanol–water partition coefficient (Wildman–Crippen LogP) is 3.21. The third-order valence-electron chi connectivity index (χ3n) is 4.01. The number of ether oxygens (including phenoxy) is 1. The number of thiophene rings is 1. The SMILES string of the molecule is COc1ccccc1C1CNCCN1Cc1ccc(C)s1. The molecule has 0 amide bonds. The molecule has 1 aliphatic rings. The van der Waals surface area contributed by atoms with E-state index >= 15 is 0 Å². The second kappa shape index (κ2) is 6.60. The Morgan fingerprint density at radius 1 is 1.29 bits per heavy atom. The van der Waals surface area contributed by atoms with Gasteiger partial charge in [-0.2, -0.15) is 0 Å². The molecule has 4 heteroatoms. The largest absolute Gasteiger partial charge is 0.496 e. The summed E-state index contributed by atoms with van der Waals surface area (Å²) < 4.78 is 5.55. The van der Waals surface area contributed by atoms with Gasteiger partial charge >= 0.3 is 0 Å². The molecule has 0 spiro atoms. The van der Waals surface area contributed by atoms with E-state index in [1.165, 1.54) is 15.3 Å². The van der Waals surface area contributed by atoms with Gasteiger partial charge in [-0.1, -0.05) is 18.2 Å². The Morgan fingerprint density at radius 2 is 2.14 bits per heavy atom. The lowest BCUT2D eigenvalue weighted by Gasteiger charge is -2.36. The molecule has 3 nitrogen and oxygen atoms in total. The lowest BCUT2D eigenvalue weighted by molar-refractivity contribution is 0.152. The summed E-state index contributed by atoms with van der Waals surface area (Å²) in [5, 5.41) is 3.51. The zero-order valence-corrected chi connectivity index (χ0v) is 13.5. The number of hydrogen-bond acceptors (Lipinski definition) is 4. The van der Waals surface area contributed by atoms with Crippen LogP contribution in [0.2, 0.25) is 0 Å². The predicted molar refractivity (Wildman–Crippen MR) is 88.1 cm³/mol. The van der Waals surface area contributed by atoms with Crippen LogP contribution in [0, 0.1) is 6.92 Å². The topological polar surface area (TPSA) is 24.5 Å². The molecule has 1 saturated heterocycles. The molecule has 1 aromatic carbocycles. The van der Waals surface area contributed by atoms with Gasteiger partial charge in [-0.05, 0) is 25.1 Å². The standard InChI is InChI=1S/C17H22N2OS/c1-13-7-8-14(21-13)12-19-10-9-18-11-16(19)15-5-3-4-6-17(15)20-2/h3-8,16,18H,9-12H2,1-2H3. The van der Waals surface area contributed by atoms with Crippen LogP contribution in [0.1, 0.15) is 21.4 Å². The van der Waals surface area contributed by atoms with E-state index in [2.05, 4.69) is 47.5 Å². The van der Waals surface area contributed by atoms with Crippen molar-refractivity contribution in [1.29, 1.82) is 0 Å².